The van der Waals surface area contributed by atoms with Crippen molar-refractivity contribution in [1.82, 2.24) is 4.90 Å². The molecule has 31 heavy (non-hydrogen) atoms. The zero-order valence-corrected chi connectivity index (χ0v) is 17.5. The SMILES string of the molecule is O=C(O)CCCc1ccc(C2(O)CCN(C(=O)c3ccc4ccccc4c3)CC2)cc1. The van der Waals surface area contributed by atoms with Crippen LogP contribution in [0.4, 0.5) is 0 Å². The van der Waals surface area contributed by atoms with Crippen LogP contribution in [0.15, 0.2) is 66.7 Å². The average molecular weight is 418 g/mol. The molecule has 1 aliphatic rings. The highest BCUT2D eigenvalue weighted by molar-refractivity contribution is 5.98. The number of hydrogen-bond acceptors (Lipinski definition) is 3. The van der Waals surface area contributed by atoms with Crippen molar-refractivity contribution < 1.29 is 19.8 Å². The van der Waals surface area contributed by atoms with E-state index in [9.17, 15) is 14.7 Å². The summed E-state index contributed by atoms with van der Waals surface area (Å²) in [6.07, 6.45) is 2.45. The Morgan fingerprint density at radius 3 is 2.26 bits per heavy atom. The van der Waals surface area contributed by atoms with Crippen LogP contribution in [0.1, 0.15) is 47.2 Å². The smallest absolute Gasteiger partial charge is 0.303 e. The van der Waals surface area contributed by atoms with Crippen LogP contribution in [-0.4, -0.2) is 40.1 Å². The molecule has 0 saturated carbocycles. The van der Waals surface area contributed by atoms with Gasteiger partial charge in [-0.1, -0.05) is 54.6 Å². The Labute approximate surface area is 181 Å². The molecular weight excluding hydrogens is 390 g/mol. The third kappa shape index (κ3) is 4.78. The molecule has 0 atom stereocenters. The van der Waals surface area contributed by atoms with Gasteiger partial charge in [-0.3, -0.25) is 9.59 Å². The molecule has 1 heterocycles. The molecule has 1 amide bonds. The predicted molar refractivity (Wildman–Crippen MR) is 120 cm³/mol. The van der Waals surface area contributed by atoms with Gasteiger partial charge in [-0.25, -0.2) is 0 Å². The second-order valence-electron chi connectivity index (χ2n) is 8.33. The Morgan fingerprint density at radius 1 is 0.903 bits per heavy atom. The first-order valence-corrected chi connectivity index (χ1v) is 10.8. The lowest BCUT2D eigenvalue weighted by Crippen LogP contribution is -2.45. The van der Waals surface area contributed by atoms with Crippen molar-refractivity contribution in [3.63, 3.8) is 0 Å². The van der Waals surface area contributed by atoms with Gasteiger partial charge < -0.3 is 15.1 Å². The summed E-state index contributed by atoms with van der Waals surface area (Å²) in [6.45, 7) is 1.01. The summed E-state index contributed by atoms with van der Waals surface area (Å²) in [6, 6.07) is 21.5. The fourth-order valence-electron chi connectivity index (χ4n) is 4.30. The predicted octanol–water partition coefficient (Wildman–Crippen LogP) is 4.37. The summed E-state index contributed by atoms with van der Waals surface area (Å²) in [4.78, 5) is 25.5. The van der Waals surface area contributed by atoms with Crippen molar-refractivity contribution in [3.8, 4) is 0 Å². The third-order valence-electron chi connectivity index (χ3n) is 6.22. The number of amides is 1. The largest absolute Gasteiger partial charge is 0.481 e. The van der Waals surface area contributed by atoms with Crippen LogP contribution < -0.4 is 0 Å². The lowest BCUT2D eigenvalue weighted by molar-refractivity contribution is -0.137. The fourth-order valence-corrected chi connectivity index (χ4v) is 4.30. The van der Waals surface area contributed by atoms with E-state index in [1.54, 1.807) is 0 Å². The quantitative estimate of drug-likeness (QED) is 0.624. The van der Waals surface area contributed by atoms with E-state index < -0.39 is 11.6 Å². The summed E-state index contributed by atoms with van der Waals surface area (Å²) in [5.74, 6) is -0.780. The fraction of sp³-hybridized carbons (Fsp3) is 0.308. The number of rotatable bonds is 6. The molecule has 0 aromatic heterocycles. The molecule has 3 aromatic rings. The number of nitrogens with zero attached hydrogens (tertiary/aromatic N) is 1. The number of aliphatic hydroxyl groups is 1. The number of fused-ring (bicyclic) bond motifs is 1. The Hall–Kier alpha value is -3.18. The summed E-state index contributed by atoms with van der Waals surface area (Å²) >= 11 is 0. The van der Waals surface area contributed by atoms with E-state index in [-0.39, 0.29) is 12.3 Å². The number of hydrogen-bond donors (Lipinski definition) is 2. The van der Waals surface area contributed by atoms with Gasteiger partial charge in [-0.2, -0.15) is 0 Å². The highest BCUT2D eigenvalue weighted by Gasteiger charge is 2.35. The standard InChI is InChI=1S/C26H27NO4/c28-24(29)7-3-4-19-8-12-23(13-9-19)26(31)14-16-27(17-15-26)25(30)22-11-10-20-5-1-2-6-21(20)18-22/h1-2,5-6,8-13,18,31H,3-4,7,14-17H2,(H,28,29). The Balaban J connectivity index is 1.38. The Bertz CT molecular complexity index is 1080. The van der Waals surface area contributed by atoms with Gasteiger partial charge in [-0.15, -0.1) is 0 Å². The third-order valence-corrected chi connectivity index (χ3v) is 6.22. The van der Waals surface area contributed by atoms with Crippen molar-refractivity contribution in [2.45, 2.75) is 37.7 Å². The maximum atomic E-state index is 13.0. The molecule has 0 unspecified atom stereocenters. The maximum Gasteiger partial charge on any atom is 0.303 e. The van der Waals surface area contributed by atoms with Gasteiger partial charge >= 0.3 is 5.97 Å². The topological polar surface area (TPSA) is 77.8 Å². The van der Waals surface area contributed by atoms with Crippen LogP contribution in [0.5, 0.6) is 0 Å². The molecule has 1 saturated heterocycles. The zero-order chi connectivity index (χ0) is 21.8. The minimum absolute atomic E-state index is 0.00146. The Kier molecular flexibility index (Phi) is 6.05. The van der Waals surface area contributed by atoms with Crippen LogP contribution >= 0.6 is 0 Å². The van der Waals surface area contributed by atoms with Gasteiger partial charge in [0, 0.05) is 25.1 Å². The summed E-state index contributed by atoms with van der Waals surface area (Å²) in [7, 11) is 0. The number of piperidine rings is 1. The van der Waals surface area contributed by atoms with Gasteiger partial charge in [0.15, 0.2) is 0 Å². The number of carbonyl (C=O) groups excluding carboxylic acids is 1. The first kappa shape index (κ1) is 21.1. The molecular formula is C26H27NO4. The van der Waals surface area contributed by atoms with Gasteiger partial charge in [-0.05, 0) is 59.7 Å². The van der Waals surface area contributed by atoms with Gasteiger partial charge in [0.25, 0.3) is 5.91 Å². The average Bonchev–Trinajstić information content (AvgIpc) is 2.79. The van der Waals surface area contributed by atoms with E-state index in [2.05, 4.69) is 0 Å². The first-order chi connectivity index (χ1) is 14.9. The number of carbonyl (C=O) groups is 2. The van der Waals surface area contributed by atoms with Crippen molar-refractivity contribution in [2.75, 3.05) is 13.1 Å². The Morgan fingerprint density at radius 2 is 1.58 bits per heavy atom. The molecule has 3 aromatic carbocycles. The summed E-state index contributed by atoms with van der Waals surface area (Å²) in [5.41, 5.74) is 1.65. The van der Waals surface area contributed by atoms with Crippen LogP contribution in [0.25, 0.3) is 10.8 Å². The number of likely N-dealkylation sites (tertiary alicyclic amines) is 1. The highest BCUT2D eigenvalue weighted by Crippen LogP contribution is 2.33. The van der Waals surface area contributed by atoms with Crippen molar-refractivity contribution in [1.29, 1.82) is 0 Å². The number of aryl methyl sites for hydroxylation is 1. The van der Waals surface area contributed by atoms with Gasteiger partial charge in [0.1, 0.15) is 0 Å². The normalized spacial score (nSPS) is 15.7. The molecule has 0 spiro atoms. The molecule has 0 aliphatic carbocycles. The van der Waals surface area contributed by atoms with Crippen LogP contribution in [-0.2, 0) is 16.8 Å². The molecule has 0 radical (unpaired) electrons. The second-order valence-corrected chi connectivity index (χ2v) is 8.33. The molecule has 1 fully saturated rings. The number of benzene rings is 3. The number of carboxylic acids is 1. The molecule has 5 heteroatoms. The molecule has 2 N–H and O–H groups in total. The first-order valence-electron chi connectivity index (χ1n) is 10.8. The van der Waals surface area contributed by atoms with E-state index in [4.69, 9.17) is 5.11 Å². The summed E-state index contributed by atoms with van der Waals surface area (Å²) < 4.78 is 0. The monoisotopic (exact) mass is 417 g/mol. The van der Waals surface area contributed by atoms with Crippen molar-refractivity contribution in [2.24, 2.45) is 0 Å². The maximum absolute atomic E-state index is 13.0. The number of aliphatic carboxylic acids is 1. The summed E-state index contributed by atoms with van der Waals surface area (Å²) in [5, 5.41) is 22.1. The van der Waals surface area contributed by atoms with E-state index in [0.29, 0.717) is 44.3 Å². The molecule has 4 rings (SSSR count). The lowest BCUT2D eigenvalue weighted by Gasteiger charge is -2.38. The van der Waals surface area contributed by atoms with Crippen LogP contribution in [0.3, 0.4) is 0 Å². The van der Waals surface area contributed by atoms with Crippen molar-refractivity contribution >= 4 is 22.6 Å². The molecule has 160 valence electrons. The van der Waals surface area contributed by atoms with Gasteiger partial charge in [0.05, 0.1) is 5.60 Å². The molecule has 0 bridgehead atoms. The second kappa shape index (κ2) is 8.90. The van der Waals surface area contributed by atoms with E-state index in [0.717, 1.165) is 21.9 Å². The zero-order valence-electron chi connectivity index (χ0n) is 17.5. The minimum Gasteiger partial charge on any atom is -0.481 e. The van der Waals surface area contributed by atoms with Crippen LogP contribution in [0, 0.1) is 0 Å². The number of carboxylic acid groups (broad SMARTS) is 1. The van der Waals surface area contributed by atoms with Crippen LogP contribution in [0.2, 0.25) is 0 Å². The van der Waals surface area contributed by atoms with E-state index in [1.807, 2.05) is 71.6 Å². The van der Waals surface area contributed by atoms with Gasteiger partial charge in [0.2, 0.25) is 0 Å². The lowest BCUT2D eigenvalue weighted by atomic mass is 9.83. The van der Waals surface area contributed by atoms with Crippen molar-refractivity contribution in [3.05, 3.63) is 83.4 Å². The molecule has 1 aliphatic heterocycles. The molecule has 5 nitrogen and oxygen atoms in total. The highest BCUT2D eigenvalue weighted by atomic mass is 16.4. The minimum atomic E-state index is -0.945. The van der Waals surface area contributed by atoms with E-state index >= 15 is 0 Å². The van der Waals surface area contributed by atoms with E-state index in [1.165, 1.54) is 0 Å².